The number of nitrogens with zero attached hydrogens (tertiary/aromatic N) is 1. The molecule has 150 valence electrons. The Morgan fingerprint density at radius 1 is 0.828 bits per heavy atom. The Bertz CT molecular complexity index is 1190. The monoisotopic (exact) mass is 407 g/mol. The smallest absolute Gasteiger partial charge is 0.243 e. The molecular weight excluding hydrogens is 382 g/mol. The molecule has 4 rings (SSSR count). The second kappa shape index (κ2) is 7.01. The first-order chi connectivity index (χ1) is 13.7. The summed E-state index contributed by atoms with van der Waals surface area (Å²) in [7, 11) is -3.62. The van der Waals surface area contributed by atoms with Crippen molar-refractivity contribution in [3.63, 3.8) is 0 Å². The number of benzene rings is 3. The summed E-state index contributed by atoms with van der Waals surface area (Å²) in [5, 5.41) is 11.1. The fourth-order valence-corrected chi connectivity index (χ4v) is 5.65. The maximum atomic E-state index is 13.1. The molecular formula is C24H25NO3S. The summed E-state index contributed by atoms with van der Waals surface area (Å²) in [5.41, 5.74) is 7.70. The SMILES string of the molecule is Cc1ccc(S(=O)(=O)N2Cc3ccc(-c4c(C)cc(C)cc4C)c(O)c3C2)cc1. The number of aromatic hydroxyl groups is 1. The zero-order valence-corrected chi connectivity index (χ0v) is 18.0. The van der Waals surface area contributed by atoms with Crippen LogP contribution in [0.2, 0.25) is 0 Å². The highest BCUT2D eigenvalue weighted by atomic mass is 32.2. The normalized spacial score (nSPS) is 14.2. The van der Waals surface area contributed by atoms with Gasteiger partial charge >= 0.3 is 0 Å². The molecule has 0 saturated heterocycles. The molecule has 0 fully saturated rings. The Hall–Kier alpha value is -2.63. The van der Waals surface area contributed by atoms with E-state index in [4.69, 9.17) is 0 Å². The van der Waals surface area contributed by atoms with Crippen molar-refractivity contribution in [2.45, 2.75) is 45.7 Å². The van der Waals surface area contributed by atoms with Gasteiger partial charge in [-0.1, -0.05) is 47.5 Å². The van der Waals surface area contributed by atoms with Crippen molar-refractivity contribution in [1.29, 1.82) is 0 Å². The average molecular weight is 408 g/mol. The third-order valence-corrected chi connectivity index (χ3v) is 7.47. The lowest BCUT2D eigenvalue weighted by molar-refractivity contribution is 0.422. The largest absolute Gasteiger partial charge is 0.507 e. The third-order valence-electron chi connectivity index (χ3n) is 5.67. The van der Waals surface area contributed by atoms with Gasteiger partial charge in [0.1, 0.15) is 5.75 Å². The van der Waals surface area contributed by atoms with E-state index in [1.54, 1.807) is 24.3 Å². The van der Waals surface area contributed by atoms with Crippen molar-refractivity contribution < 1.29 is 13.5 Å². The molecule has 0 aliphatic carbocycles. The molecule has 1 heterocycles. The van der Waals surface area contributed by atoms with Crippen LogP contribution in [-0.2, 0) is 23.1 Å². The highest BCUT2D eigenvalue weighted by Gasteiger charge is 2.33. The molecule has 0 aromatic heterocycles. The number of rotatable bonds is 3. The second-order valence-corrected chi connectivity index (χ2v) is 9.90. The van der Waals surface area contributed by atoms with Crippen LogP contribution < -0.4 is 0 Å². The van der Waals surface area contributed by atoms with Crippen LogP contribution in [0.1, 0.15) is 33.4 Å². The maximum Gasteiger partial charge on any atom is 0.243 e. The lowest BCUT2D eigenvalue weighted by Gasteiger charge is -2.16. The highest BCUT2D eigenvalue weighted by Crippen LogP contribution is 2.42. The summed E-state index contributed by atoms with van der Waals surface area (Å²) in [4.78, 5) is 0.279. The number of sulfonamides is 1. The van der Waals surface area contributed by atoms with Gasteiger partial charge in [0.05, 0.1) is 4.90 Å². The molecule has 5 heteroatoms. The van der Waals surface area contributed by atoms with Crippen molar-refractivity contribution >= 4 is 10.0 Å². The molecule has 4 nitrogen and oxygen atoms in total. The van der Waals surface area contributed by atoms with Crippen molar-refractivity contribution in [1.82, 2.24) is 4.31 Å². The van der Waals surface area contributed by atoms with E-state index in [-0.39, 0.29) is 23.7 Å². The first kappa shape index (κ1) is 19.7. The molecule has 3 aromatic rings. The predicted octanol–water partition coefficient (Wildman–Crippen LogP) is 5.00. The molecule has 1 N–H and O–H groups in total. The quantitative estimate of drug-likeness (QED) is 0.665. The first-order valence-electron chi connectivity index (χ1n) is 9.67. The van der Waals surface area contributed by atoms with Crippen LogP contribution in [0.5, 0.6) is 5.75 Å². The zero-order valence-electron chi connectivity index (χ0n) is 17.2. The van der Waals surface area contributed by atoms with Crippen LogP contribution in [0, 0.1) is 27.7 Å². The molecule has 29 heavy (non-hydrogen) atoms. The number of fused-ring (bicyclic) bond motifs is 1. The Morgan fingerprint density at radius 2 is 1.45 bits per heavy atom. The maximum absolute atomic E-state index is 13.1. The van der Waals surface area contributed by atoms with E-state index in [0.717, 1.165) is 33.4 Å². The predicted molar refractivity (Wildman–Crippen MR) is 115 cm³/mol. The Kier molecular flexibility index (Phi) is 4.75. The average Bonchev–Trinajstić information content (AvgIpc) is 3.09. The van der Waals surface area contributed by atoms with Gasteiger partial charge in [-0.25, -0.2) is 8.42 Å². The Balaban J connectivity index is 1.74. The van der Waals surface area contributed by atoms with Gasteiger partial charge in [0.25, 0.3) is 0 Å². The van der Waals surface area contributed by atoms with Crippen LogP contribution in [0.3, 0.4) is 0 Å². The number of aryl methyl sites for hydroxylation is 4. The topological polar surface area (TPSA) is 57.6 Å². The van der Waals surface area contributed by atoms with E-state index >= 15 is 0 Å². The van der Waals surface area contributed by atoms with Gasteiger partial charge in [-0.15, -0.1) is 0 Å². The molecule has 1 aliphatic heterocycles. The number of hydrogen-bond acceptors (Lipinski definition) is 3. The minimum atomic E-state index is -3.62. The molecule has 0 amide bonds. The lowest BCUT2D eigenvalue weighted by Crippen LogP contribution is -2.25. The van der Waals surface area contributed by atoms with Crippen molar-refractivity contribution in [3.05, 3.63) is 81.9 Å². The van der Waals surface area contributed by atoms with Crippen molar-refractivity contribution in [2.24, 2.45) is 0 Å². The first-order valence-corrected chi connectivity index (χ1v) is 11.1. The molecule has 3 aromatic carbocycles. The summed E-state index contributed by atoms with van der Waals surface area (Å²) in [6.07, 6.45) is 0. The summed E-state index contributed by atoms with van der Waals surface area (Å²) in [6, 6.07) is 14.9. The number of hydrogen-bond donors (Lipinski definition) is 1. The van der Waals surface area contributed by atoms with Gasteiger partial charge in [-0.2, -0.15) is 4.31 Å². The molecule has 0 spiro atoms. The van der Waals surface area contributed by atoms with Crippen LogP contribution in [0.25, 0.3) is 11.1 Å². The molecule has 0 bridgehead atoms. The van der Waals surface area contributed by atoms with E-state index < -0.39 is 10.0 Å². The second-order valence-electron chi connectivity index (χ2n) is 7.96. The standard InChI is InChI=1S/C24H25NO3S/c1-15-5-8-20(9-6-15)29(27,28)25-13-19-7-10-21(24(26)22(19)14-25)23-17(3)11-16(2)12-18(23)4/h5-12,26H,13-14H2,1-4H3. The van der Waals surface area contributed by atoms with Gasteiger partial charge in [-0.3, -0.25) is 0 Å². The summed E-state index contributed by atoms with van der Waals surface area (Å²) < 4.78 is 27.6. The summed E-state index contributed by atoms with van der Waals surface area (Å²) in [6.45, 7) is 8.50. The summed E-state index contributed by atoms with van der Waals surface area (Å²) in [5.74, 6) is 0.180. The Morgan fingerprint density at radius 3 is 2.07 bits per heavy atom. The lowest BCUT2D eigenvalue weighted by atomic mass is 9.91. The van der Waals surface area contributed by atoms with E-state index in [2.05, 4.69) is 19.1 Å². The zero-order chi connectivity index (χ0) is 20.9. The highest BCUT2D eigenvalue weighted by molar-refractivity contribution is 7.89. The fourth-order valence-electron chi connectivity index (χ4n) is 4.26. The minimum absolute atomic E-state index is 0.176. The Labute approximate surface area is 172 Å². The molecule has 0 saturated carbocycles. The van der Waals surface area contributed by atoms with Gasteiger partial charge in [0.2, 0.25) is 10.0 Å². The molecule has 0 unspecified atom stereocenters. The molecule has 0 radical (unpaired) electrons. The third kappa shape index (κ3) is 3.34. The van der Waals surface area contributed by atoms with Gasteiger partial charge in [-0.05, 0) is 62.1 Å². The van der Waals surface area contributed by atoms with E-state index in [9.17, 15) is 13.5 Å². The van der Waals surface area contributed by atoms with Gasteiger partial charge in [0.15, 0.2) is 0 Å². The van der Waals surface area contributed by atoms with Crippen LogP contribution in [-0.4, -0.2) is 17.8 Å². The van der Waals surface area contributed by atoms with Gasteiger partial charge < -0.3 is 5.11 Å². The van der Waals surface area contributed by atoms with Crippen LogP contribution in [0.15, 0.2) is 53.4 Å². The summed E-state index contributed by atoms with van der Waals surface area (Å²) >= 11 is 0. The molecule has 0 atom stereocenters. The minimum Gasteiger partial charge on any atom is -0.507 e. The van der Waals surface area contributed by atoms with E-state index in [1.807, 2.05) is 32.9 Å². The van der Waals surface area contributed by atoms with E-state index in [1.165, 1.54) is 9.87 Å². The number of phenols is 1. The van der Waals surface area contributed by atoms with Crippen molar-refractivity contribution in [2.75, 3.05) is 0 Å². The van der Waals surface area contributed by atoms with Crippen LogP contribution in [0.4, 0.5) is 0 Å². The van der Waals surface area contributed by atoms with Crippen molar-refractivity contribution in [3.8, 4) is 16.9 Å². The van der Waals surface area contributed by atoms with Crippen LogP contribution >= 0.6 is 0 Å². The fraction of sp³-hybridized carbons (Fsp3) is 0.250. The van der Waals surface area contributed by atoms with Gasteiger partial charge in [0, 0.05) is 24.2 Å². The number of phenolic OH excluding ortho intramolecular Hbond substituents is 1. The van der Waals surface area contributed by atoms with E-state index in [0.29, 0.717) is 5.56 Å². The molecule has 1 aliphatic rings.